The van der Waals surface area contributed by atoms with Crippen LogP contribution in [0.4, 0.5) is 5.69 Å². The lowest BCUT2D eigenvalue weighted by Crippen LogP contribution is -2.26. The van der Waals surface area contributed by atoms with Gasteiger partial charge in [-0.25, -0.2) is 8.42 Å². The minimum Gasteiger partial charge on any atom is -0.306 e. The molecule has 1 aliphatic heterocycles. The molecule has 1 N–H and O–H groups in total. The Bertz CT molecular complexity index is 1000. The highest BCUT2D eigenvalue weighted by molar-refractivity contribution is 7.92. The number of nitrogens with zero attached hydrogens (tertiary/aromatic N) is 1. The Kier molecular flexibility index (Phi) is 7.32. The van der Waals surface area contributed by atoms with E-state index < -0.39 is 10.0 Å². The van der Waals surface area contributed by atoms with Crippen LogP contribution in [-0.2, 0) is 14.8 Å². The van der Waals surface area contributed by atoms with E-state index in [0.29, 0.717) is 17.0 Å². The van der Waals surface area contributed by atoms with E-state index in [1.165, 1.54) is 4.31 Å². The van der Waals surface area contributed by atoms with Crippen molar-refractivity contribution in [2.75, 3.05) is 17.9 Å². The maximum Gasteiger partial charge on any atom is 0.264 e. The molecule has 0 amide bonds. The van der Waals surface area contributed by atoms with E-state index in [-0.39, 0.29) is 11.8 Å². The minimum absolute atomic E-state index is 0.172. The third-order valence-corrected chi connectivity index (χ3v) is 7.59. The van der Waals surface area contributed by atoms with Crippen molar-refractivity contribution in [3.05, 3.63) is 59.2 Å². The summed E-state index contributed by atoms with van der Waals surface area (Å²) in [6.07, 6.45) is 5.95. The Hall–Kier alpha value is -2.18. The molecule has 162 valence electrons. The number of Topliss-reactive ketones (excluding diaryl/α,β-unsaturated/α-hetero) is 1. The summed E-state index contributed by atoms with van der Waals surface area (Å²) < 4.78 is 28.0. The number of para-hydroxylation sites is 1. The molecule has 0 bridgehead atoms. The van der Waals surface area contributed by atoms with Gasteiger partial charge in [0.15, 0.2) is 0 Å². The van der Waals surface area contributed by atoms with Crippen molar-refractivity contribution < 1.29 is 13.2 Å². The quantitative estimate of drug-likeness (QED) is 0.586. The van der Waals surface area contributed by atoms with E-state index in [0.717, 1.165) is 55.3 Å². The first-order valence-corrected chi connectivity index (χ1v) is 12.2. The van der Waals surface area contributed by atoms with Gasteiger partial charge in [0, 0.05) is 13.5 Å². The lowest BCUT2D eigenvalue weighted by atomic mass is 9.96. The van der Waals surface area contributed by atoms with Crippen LogP contribution in [0.2, 0.25) is 0 Å². The number of rotatable bonds is 9. The van der Waals surface area contributed by atoms with Gasteiger partial charge in [0.2, 0.25) is 0 Å². The zero-order valence-corrected chi connectivity index (χ0v) is 19.0. The molecular weight excluding hydrogens is 396 g/mol. The average Bonchev–Trinajstić information content (AvgIpc) is 2.78. The zero-order chi connectivity index (χ0) is 21.7. The van der Waals surface area contributed by atoms with Crippen LogP contribution in [0.3, 0.4) is 0 Å². The number of hydrogen-bond acceptors (Lipinski definition) is 4. The molecule has 1 atom stereocenters. The van der Waals surface area contributed by atoms with E-state index in [4.69, 9.17) is 0 Å². The van der Waals surface area contributed by atoms with Crippen molar-refractivity contribution >= 4 is 21.5 Å². The number of fused-ring (bicyclic) bond motifs is 2. The van der Waals surface area contributed by atoms with Crippen molar-refractivity contribution in [2.24, 2.45) is 0 Å². The van der Waals surface area contributed by atoms with Crippen LogP contribution in [0.15, 0.2) is 47.4 Å². The van der Waals surface area contributed by atoms with Crippen LogP contribution in [0.25, 0.3) is 0 Å². The molecule has 6 heteroatoms. The predicted octanol–water partition coefficient (Wildman–Crippen LogP) is 4.74. The van der Waals surface area contributed by atoms with Crippen LogP contribution >= 0.6 is 0 Å². The highest BCUT2D eigenvalue weighted by Gasteiger charge is 2.34. The Labute approximate surface area is 180 Å². The van der Waals surface area contributed by atoms with Gasteiger partial charge in [-0.2, -0.15) is 0 Å². The summed E-state index contributed by atoms with van der Waals surface area (Å²) in [6, 6.07) is 13.2. The molecule has 3 rings (SSSR count). The number of unbranched alkanes of at least 4 members (excludes halogenated alkanes) is 4. The molecule has 0 aromatic heterocycles. The molecular formula is C24H32N2O3S. The van der Waals surface area contributed by atoms with Gasteiger partial charge in [-0.05, 0) is 62.1 Å². The lowest BCUT2D eigenvalue weighted by Gasteiger charge is -2.22. The molecule has 0 aliphatic carbocycles. The maximum atomic E-state index is 13.3. The molecule has 0 saturated heterocycles. The second-order valence-electron chi connectivity index (χ2n) is 8.18. The van der Waals surface area contributed by atoms with Crippen molar-refractivity contribution in [3.8, 4) is 0 Å². The smallest absolute Gasteiger partial charge is 0.264 e. The first-order valence-electron chi connectivity index (χ1n) is 10.7. The van der Waals surface area contributed by atoms with Gasteiger partial charge in [0.25, 0.3) is 10.0 Å². The molecule has 0 spiro atoms. The monoisotopic (exact) mass is 428 g/mol. The van der Waals surface area contributed by atoms with E-state index in [9.17, 15) is 13.2 Å². The molecule has 2 aromatic carbocycles. The fourth-order valence-corrected chi connectivity index (χ4v) is 5.60. The number of nitrogens with one attached hydrogen (secondary N) is 1. The molecule has 5 nitrogen and oxygen atoms in total. The minimum atomic E-state index is -3.61. The SMILES string of the molecule is CC(=O)CCCCCCCNC1c2ccccc2N(C)S(=O)(=O)c2cc(C)ccc21. The number of ketones is 1. The molecule has 0 radical (unpaired) electrons. The van der Waals surface area contributed by atoms with E-state index in [1.54, 1.807) is 20.0 Å². The van der Waals surface area contributed by atoms with Crippen molar-refractivity contribution in [2.45, 2.75) is 63.3 Å². The van der Waals surface area contributed by atoms with E-state index in [2.05, 4.69) is 5.32 Å². The normalized spacial score (nSPS) is 17.2. The number of sulfonamides is 1. The molecule has 2 aromatic rings. The van der Waals surface area contributed by atoms with Gasteiger partial charge in [-0.3, -0.25) is 4.31 Å². The zero-order valence-electron chi connectivity index (χ0n) is 18.1. The number of hydrogen-bond donors (Lipinski definition) is 1. The third kappa shape index (κ3) is 4.93. The first kappa shape index (κ1) is 22.5. The Morgan fingerprint density at radius 2 is 1.70 bits per heavy atom. The predicted molar refractivity (Wildman–Crippen MR) is 121 cm³/mol. The van der Waals surface area contributed by atoms with E-state index >= 15 is 0 Å². The molecule has 0 saturated carbocycles. The van der Waals surface area contributed by atoms with Crippen molar-refractivity contribution in [3.63, 3.8) is 0 Å². The largest absolute Gasteiger partial charge is 0.306 e. The van der Waals surface area contributed by atoms with Crippen LogP contribution in [0, 0.1) is 6.92 Å². The number of aryl methyl sites for hydroxylation is 1. The topological polar surface area (TPSA) is 66.5 Å². The standard InChI is InChI=1S/C24H32N2O3S/c1-18-14-15-21-23(17-18)30(28,29)26(3)22-13-9-8-12-20(22)24(21)25-16-10-6-4-5-7-11-19(2)27/h8-9,12-15,17,24-25H,4-7,10-11,16H2,1-3H3. The summed E-state index contributed by atoms with van der Waals surface area (Å²) in [5.74, 6) is 0.262. The van der Waals surface area contributed by atoms with Crippen LogP contribution < -0.4 is 9.62 Å². The van der Waals surface area contributed by atoms with Gasteiger partial charge in [-0.1, -0.05) is 49.6 Å². The molecule has 0 fully saturated rings. The summed E-state index contributed by atoms with van der Waals surface area (Å²) >= 11 is 0. The van der Waals surface area contributed by atoms with E-state index in [1.807, 2.05) is 43.3 Å². The number of carbonyl (C=O) groups excluding carboxylic acids is 1. The van der Waals surface area contributed by atoms with Gasteiger partial charge >= 0.3 is 0 Å². The highest BCUT2D eigenvalue weighted by Crippen LogP contribution is 2.40. The van der Waals surface area contributed by atoms with Crippen LogP contribution in [0.1, 0.15) is 68.2 Å². The molecule has 1 aliphatic rings. The Morgan fingerprint density at radius 3 is 2.47 bits per heavy atom. The third-order valence-electron chi connectivity index (χ3n) is 5.76. The number of anilines is 1. The number of benzene rings is 2. The Balaban J connectivity index is 1.77. The lowest BCUT2D eigenvalue weighted by molar-refractivity contribution is -0.117. The van der Waals surface area contributed by atoms with Gasteiger partial charge in [-0.15, -0.1) is 0 Å². The van der Waals surface area contributed by atoms with Gasteiger partial charge < -0.3 is 10.1 Å². The first-order chi connectivity index (χ1) is 14.3. The summed E-state index contributed by atoms with van der Waals surface area (Å²) in [5, 5.41) is 3.62. The number of carbonyl (C=O) groups is 1. The average molecular weight is 429 g/mol. The molecule has 1 unspecified atom stereocenters. The fourth-order valence-electron chi connectivity index (χ4n) is 4.06. The molecule has 30 heavy (non-hydrogen) atoms. The fraction of sp³-hybridized carbons (Fsp3) is 0.458. The summed E-state index contributed by atoms with van der Waals surface area (Å²) in [5.41, 5.74) is 3.43. The van der Waals surface area contributed by atoms with Gasteiger partial charge in [0.05, 0.1) is 16.6 Å². The maximum absolute atomic E-state index is 13.3. The van der Waals surface area contributed by atoms with Crippen molar-refractivity contribution in [1.82, 2.24) is 5.32 Å². The summed E-state index contributed by atoms with van der Waals surface area (Å²) in [6.45, 7) is 4.37. The van der Waals surface area contributed by atoms with Crippen molar-refractivity contribution in [1.29, 1.82) is 0 Å². The summed E-state index contributed by atoms with van der Waals surface area (Å²) in [4.78, 5) is 11.4. The van der Waals surface area contributed by atoms with Crippen LogP contribution in [-0.4, -0.2) is 27.8 Å². The second-order valence-corrected chi connectivity index (χ2v) is 10.1. The van der Waals surface area contributed by atoms with Crippen LogP contribution in [0.5, 0.6) is 0 Å². The summed E-state index contributed by atoms with van der Waals surface area (Å²) in [7, 11) is -1.98. The molecule has 1 heterocycles. The van der Waals surface area contributed by atoms with Gasteiger partial charge in [0.1, 0.15) is 5.78 Å². The second kappa shape index (κ2) is 9.75. The Morgan fingerprint density at radius 1 is 1.00 bits per heavy atom. The highest BCUT2D eigenvalue weighted by atomic mass is 32.2.